The maximum Gasteiger partial charge on any atom is 0.415 e. The van der Waals surface area contributed by atoms with E-state index in [4.69, 9.17) is 4.74 Å². The second-order valence-electron chi connectivity index (χ2n) is 5.66. The molecule has 0 saturated carbocycles. The van der Waals surface area contributed by atoms with Crippen molar-refractivity contribution in [2.24, 2.45) is 5.92 Å². The zero-order valence-electron chi connectivity index (χ0n) is 13.5. The Bertz CT molecular complexity index is 593. The van der Waals surface area contributed by atoms with Crippen molar-refractivity contribution in [3.63, 3.8) is 0 Å². The molecule has 0 radical (unpaired) electrons. The number of nitro groups is 1. The topological polar surface area (TPSA) is 99.0 Å². The third-order valence-electron chi connectivity index (χ3n) is 4.11. The summed E-state index contributed by atoms with van der Waals surface area (Å²) in [4.78, 5) is 34.9. The fourth-order valence-electron chi connectivity index (χ4n) is 2.63. The zero-order chi connectivity index (χ0) is 17.5. The number of hydrogen-bond acceptors (Lipinski definition) is 6. The van der Waals surface area contributed by atoms with E-state index in [1.54, 1.807) is 4.90 Å². The monoisotopic (exact) mass is 336 g/mol. The van der Waals surface area contributed by atoms with E-state index in [1.807, 2.05) is 0 Å². The number of benzene rings is 1. The molecule has 1 fully saturated rings. The number of esters is 1. The van der Waals surface area contributed by atoms with Crippen LogP contribution in [0.15, 0.2) is 24.3 Å². The largest absolute Gasteiger partial charge is 0.469 e. The van der Waals surface area contributed by atoms with Gasteiger partial charge < -0.3 is 14.4 Å². The summed E-state index contributed by atoms with van der Waals surface area (Å²) in [6, 6.07) is 5.39. The van der Waals surface area contributed by atoms with Crippen LogP contribution in [-0.2, 0) is 9.53 Å². The van der Waals surface area contributed by atoms with E-state index in [0.29, 0.717) is 25.4 Å². The van der Waals surface area contributed by atoms with Gasteiger partial charge in [-0.1, -0.05) is 0 Å². The molecule has 1 aromatic carbocycles. The van der Waals surface area contributed by atoms with Crippen molar-refractivity contribution in [3.05, 3.63) is 34.4 Å². The Hall–Kier alpha value is -2.64. The van der Waals surface area contributed by atoms with Gasteiger partial charge in [0.25, 0.3) is 5.69 Å². The molecule has 0 atom stereocenters. The Kier molecular flexibility index (Phi) is 6.11. The molecule has 2 rings (SSSR count). The van der Waals surface area contributed by atoms with Crippen molar-refractivity contribution in [1.82, 2.24) is 4.90 Å². The summed E-state index contributed by atoms with van der Waals surface area (Å²) in [6.07, 6.45) is 2.32. The molecule has 8 nitrogen and oxygen atoms in total. The number of nitro benzene ring substituents is 1. The lowest BCUT2D eigenvalue weighted by molar-refractivity contribution is -0.384. The second-order valence-corrected chi connectivity index (χ2v) is 5.66. The van der Waals surface area contributed by atoms with E-state index >= 15 is 0 Å². The maximum atomic E-state index is 12.1. The van der Waals surface area contributed by atoms with Crippen LogP contribution in [0.1, 0.15) is 25.7 Å². The van der Waals surface area contributed by atoms with Crippen LogP contribution in [0.3, 0.4) is 0 Å². The van der Waals surface area contributed by atoms with Gasteiger partial charge >= 0.3 is 12.1 Å². The minimum atomic E-state index is -0.509. The van der Waals surface area contributed by atoms with Crippen molar-refractivity contribution in [2.75, 3.05) is 20.2 Å². The first-order chi connectivity index (χ1) is 11.5. The summed E-state index contributed by atoms with van der Waals surface area (Å²) in [7, 11) is 1.37. The number of nitrogens with zero attached hydrogens (tertiary/aromatic N) is 2. The molecular formula is C16H20N2O6. The van der Waals surface area contributed by atoms with Crippen molar-refractivity contribution in [1.29, 1.82) is 0 Å². The van der Waals surface area contributed by atoms with Gasteiger partial charge in [0.15, 0.2) is 0 Å². The van der Waals surface area contributed by atoms with Gasteiger partial charge in [-0.3, -0.25) is 14.9 Å². The number of non-ortho nitro benzene ring substituents is 1. The SMILES string of the molecule is COC(=O)CCC1CCN(C(=O)Oc2ccc([N+](=O)[O-])cc2)CC1. The quantitative estimate of drug-likeness (QED) is 0.466. The molecule has 1 aliphatic heterocycles. The molecule has 0 aromatic heterocycles. The lowest BCUT2D eigenvalue weighted by Gasteiger charge is -2.31. The van der Waals surface area contributed by atoms with Crippen molar-refractivity contribution in [3.8, 4) is 5.75 Å². The van der Waals surface area contributed by atoms with Crippen LogP contribution < -0.4 is 4.74 Å². The smallest absolute Gasteiger partial charge is 0.415 e. The first-order valence-corrected chi connectivity index (χ1v) is 7.77. The number of rotatable bonds is 5. The number of amides is 1. The van der Waals surface area contributed by atoms with E-state index in [9.17, 15) is 19.7 Å². The van der Waals surface area contributed by atoms with E-state index < -0.39 is 11.0 Å². The molecule has 1 saturated heterocycles. The summed E-state index contributed by atoms with van der Waals surface area (Å²) >= 11 is 0. The second kappa shape index (κ2) is 8.28. The van der Waals surface area contributed by atoms with Gasteiger partial charge in [0, 0.05) is 31.6 Å². The zero-order valence-corrected chi connectivity index (χ0v) is 13.5. The van der Waals surface area contributed by atoms with Crippen LogP contribution in [-0.4, -0.2) is 42.1 Å². The molecule has 0 bridgehead atoms. The fourth-order valence-corrected chi connectivity index (χ4v) is 2.63. The van der Waals surface area contributed by atoms with Crippen molar-refractivity contribution < 1.29 is 24.0 Å². The lowest BCUT2D eigenvalue weighted by atomic mass is 9.92. The van der Waals surface area contributed by atoms with Gasteiger partial charge in [-0.15, -0.1) is 0 Å². The molecule has 0 unspecified atom stereocenters. The highest BCUT2D eigenvalue weighted by Crippen LogP contribution is 2.23. The van der Waals surface area contributed by atoms with E-state index in [-0.39, 0.29) is 17.4 Å². The average Bonchev–Trinajstić information content (AvgIpc) is 2.60. The van der Waals surface area contributed by atoms with E-state index in [2.05, 4.69) is 4.74 Å². The Morgan fingerprint density at radius 1 is 1.25 bits per heavy atom. The van der Waals surface area contributed by atoms with Crippen LogP contribution in [0, 0.1) is 16.0 Å². The van der Waals surface area contributed by atoms with Gasteiger partial charge in [0.1, 0.15) is 5.75 Å². The molecule has 1 amide bonds. The summed E-state index contributed by atoms with van der Waals surface area (Å²) < 4.78 is 9.85. The molecule has 130 valence electrons. The van der Waals surface area contributed by atoms with Gasteiger partial charge in [-0.2, -0.15) is 0 Å². The average molecular weight is 336 g/mol. The normalized spacial score (nSPS) is 15.0. The number of carbonyl (C=O) groups excluding carboxylic acids is 2. The predicted molar refractivity (Wildman–Crippen MR) is 84.7 cm³/mol. The van der Waals surface area contributed by atoms with Crippen molar-refractivity contribution in [2.45, 2.75) is 25.7 Å². The highest BCUT2D eigenvalue weighted by atomic mass is 16.6. The third-order valence-corrected chi connectivity index (χ3v) is 4.11. The minimum Gasteiger partial charge on any atom is -0.469 e. The summed E-state index contributed by atoms with van der Waals surface area (Å²) in [5.74, 6) is 0.459. The molecule has 1 aliphatic rings. The van der Waals surface area contributed by atoms with Gasteiger partial charge in [0.2, 0.25) is 0 Å². The maximum absolute atomic E-state index is 12.1. The van der Waals surface area contributed by atoms with Gasteiger partial charge in [0.05, 0.1) is 12.0 Å². The number of likely N-dealkylation sites (tertiary alicyclic amines) is 1. The highest BCUT2D eigenvalue weighted by molar-refractivity contribution is 5.71. The first-order valence-electron chi connectivity index (χ1n) is 7.77. The van der Waals surface area contributed by atoms with Crippen LogP contribution >= 0.6 is 0 Å². The molecule has 1 heterocycles. The molecular weight excluding hydrogens is 316 g/mol. The first kappa shape index (κ1) is 17.7. The standard InChI is InChI=1S/C16H20N2O6/c1-23-15(19)7-2-12-8-10-17(11-9-12)16(20)24-14-5-3-13(4-6-14)18(21)22/h3-6,12H,2,7-11H2,1H3. The van der Waals surface area contributed by atoms with E-state index in [1.165, 1.54) is 31.4 Å². The summed E-state index contributed by atoms with van der Waals surface area (Å²) in [5, 5.41) is 10.6. The molecule has 24 heavy (non-hydrogen) atoms. The third kappa shape index (κ3) is 4.94. The van der Waals surface area contributed by atoms with Crippen LogP contribution in [0.25, 0.3) is 0 Å². The van der Waals surface area contributed by atoms with Gasteiger partial charge in [-0.25, -0.2) is 4.79 Å². The molecule has 1 aromatic rings. The number of ether oxygens (including phenoxy) is 2. The number of methoxy groups -OCH3 is 1. The number of hydrogen-bond donors (Lipinski definition) is 0. The Balaban J connectivity index is 1.78. The summed E-state index contributed by atoms with van der Waals surface area (Å²) in [6.45, 7) is 1.13. The Morgan fingerprint density at radius 3 is 2.42 bits per heavy atom. The Morgan fingerprint density at radius 2 is 1.88 bits per heavy atom. The molecule has 0 spiro atoms. The lowest BCUT2D eigenvalue weighted by Crippen LogP contribution is -2.40. The van der Waals surface area contributed by atoms with Crippen LogP contribution in [0.4, 0.5) is 10.5 Å². The summed E-state index contributed by atoms with van der Waals surface area (Å²) in [5.41, 5.74) is -0.0544. The predicted octanol–water partition coefficient (Wildman–Crippen LogP) is 2.76. The van der Waals surface area contributed by atoms with Gasteiger partial charge in [-0.05, 0) is 37.3 Å². The van der Waals surface area contributed by atoms with Crippen molar-refractivity contribution >= 4 is 17.7 Å². The van der Waals surface area contributed by atoms with Crippen LogP contribution in [0.5, 0.6) is 5.75 Å². The Labute approximate surface area is 139 Å². The molecule has 0 aliphatic carbocycles. The highest BCUT2D eigenvalue weighted by Gasteiger charge is 2.24. The van der Waals surface area contributed by atoms with Crippen LogP contribution in [0.2, 0.25) is 0 Å². The van der Waals surface area contributed by atoms with E-state index in [0.717, 1.165) is 19.3 Å². The fraction of sp³-hybridized carbons (Fsp3) is 0.500. The minimum absolute atomic E-state index is 0.0544. The molecule has 8 heteroatoms. The molecule has 0 N–H and O–H groups in total. The number of piperidine rings is 1. The number of carbonyl (C=O) groups is 2.